The lowest BCUT2D eigenvalue weighted by Crippen LogP contribution is -2.45. The first-order valence-corrected chi connectivity index (χ1v) is 6.69. The highest BCUT2D eigenvalue weighted by atomic mass is 15.0. The SMILES string of the molecule is CC1(C)C(Nc2cccnc2)[C@]2(C)CC[C@H]1C2. The van der Waals surface area contributed by atoms with Crippen LogP contribution in [0, 0.1) is 16.7 Å². The van der Waals surface area contributed by atoms with Crippen LogP contribution < -0.4 is 5.32 Å². The molecule has 1 unspecified atom stereocenters. The van der Waals surface area contributed by atoms with Gasteiger partial charge >= 0.3 is 0 Å². The van der Waals surface area contributed by atoms with Gasteiger partial charge in [-0.15, -0.1) is 0 Å². The Balaban J connectivity index is 1.88. The van der Waals surface area contributed by atoms with Crippen LogP contribution in [0.5, 0.6) is 0 Å². The molecule has 0 aliphatic heterocycles. The number of hydrogen-bond donors (Lipinski definition) is 1. The van der Waals surface area contributed by atoms with Crippen LogP contribution in [0.1, 0.15) is 40.0 Å². The lowest BCUT2D eigenvalue weighted by Gasteiger charge is -2.43. The molecule has 2 bridgehead atoms. The summed E-state index contributed by atoms with van der Waals surface area (Å²) >= 11 is 0. The van der Waals surface area contributed by atoms with Crippen LogP contribution in [-0.2, 0) is 0 Å². The smallest absolute Gasteiger partial charge is 0.0529 e. The summed E-state index contributed by atoms with van der Waals surface area (Å²) in [5.74, 6) is 0.890. The quantitative estimate of drug-likeness (QED) is 0.837. The van der Waals surface area contributed by atoms with Gasteiger partial charge in [-0.25, -0.2) is 0 Å². The second-order valence-corrected chi connectivity index (χ2v) is 6.73. The molecule has 0 spiro atoms. The summed E-state index contributed by atoms with van der Waals surface area (Å²) in [5, 5.41) is 3.74. The van der Waals surface area contributed by atoms with Crippen molar-refractivity contribution in [2.45, 2.75) is 46.1 Å². The van der Waals surface area contributed by atoms with E-state index in [0.717, 1.165) is 5.92 Å². The van der Waals surface area contributed by atoms with Crippen molar-refractivity contribution in [3.63, 3.8) is 0 Å². The summed E-state index contributed by atoms with van der Waals surface area (Å²) in [4.78, 5) is 4.20. The molecule has 2 nitrogen and oxygen atoms in total. The van der Waals surface area contributed by atoms with E-state index in [9.17, 15) is 0 Å². The molecule has 0 saturated heterocycles. The molecule has 0 radical (unpaired) electrons. The van der Waals surface area contributed by atoms with Gasteiger partial charge in [0.15, 0.2) is 0 Å². The fourth-order valence-corrected chi connectivity index (χ4v) is 4.28. The zero-order valence-corrected chi connectivity index (χ0v) is 11.0. The molecule has 2 heteroatoms. The van der Waals surface area contributed by atoms with Crippen molar-refractivity contribution in [2.75, 3.05) is 5.32 Å². The molecule has 1 N–H and O–H groups in total. The van der Waals surface area contributed by atoms with Crippen LogP contribution in [0.2, 0.25) is 0 Å². The maximum Gasteiger partial charge on any atom is 0.0529 e. The lowest BCUT2D eigenvalue weighted by molar-refractivity contribution is 0.155. The molecule has 0 amide bonds. The molecule has 3 atom stereocenters. The minimum Gasteiger partial charge on any atom is -0.380 e. The summed E-state index contributed by atoms with van der Waals surface area (Å²) in [5.41, 5.74) is 2.05. The summed E-state index contributed by atoms with van der Waals surface area (Å²) in [6.07, 6.45) is 7.94. The second-order valence-electron chi connectivity index (χ2n) is 6.73. The van der Waals surface area contributed by atoms with Crippen molar-refractivity contribution in [1.82, 2.24) is 4.98 Å². The van der Waals surface area contributed by atoms with Crippen LogP contribution in [0.15, 0.2) is 24.5 Å². The number of anilines is 1. The predicted octanol–water partition coefficient (Wildman–Crippen LogP) is 3.71. The van der Waals surface area contributed by atoms with E-state index in [-0.39, 0.29) is 0 Å². The van der Waals surface area contributed by atoms with E-state index < -0.39 is 0 Å². The Bertz CT molecular complexity index is 407. The molecule has 3 rings (SSSR count). The minimum absolute atomic E-state index is 0.406. The van der Waals surface area contributed by atoms with Crippen LogP contribution in [0.3, 0.4) is 0 Å². The number of pyridine rings is 1. The second kappa shape index (κ2) is 3.47. The van der Waals surface area contributed by atoms with Crippen LogP contribution in [-0.4, -0.2) is 11.0 Å². The Labute approximate surface area is 104 Å². The van der Waals surface area contributed by atoms with E-state index in [1.165, 1.54) is 24.9 Å². The summed E-state index contributed by atoms with van der Waals surface area (Å²) in [6.45, 7) is 7.31. The van der Waals surface area contributed by atoms with Gasteiger partial charge in [0.25, 0.3) is 0 Å². The van der Waals surface area contributed by atoms with Crippen molar-refractivity contribution in [2.24, 2.45) is 16.7 Å². The molecule has 1 aromatic heterocycles. The molecule has 2 fully saturated rings. The number of nitrogens with one attached hydrogen (secondary N) is 1. The van der Waals surface area contributed by atoms with Crippen molar-refractivity contribution in [1.29, 1.82) is 0 Å². The molecule has 17 heavy (non-hydrogen) atoms. The first-order chi connectivity index (χ1) is 8.02. The molecular weight excluding hydrogens is 208 g/mol. The van der Waals surface area contributed by atoms with Gasteiger partial charge in [-0.05, 0) is 48.1 Å². The first-order valence-electron chi connectivity index (χ1n) is 6.69. The lowest BCUT2D eigenvalue weighted by atomic mass is 9.68. The van der Waals surface area contributed by atoms with E-state index in [2.05, 4.69) is 37.1 Å². The third kappa shape index (κ3) is 1.57. The third-order valence-electron chi connectivity index (χ3n) is 5.24. The number of aromatic nitrogens is 1. The normalized spacial score (nSPS) is 38.3. The van der Waals surface area contributed by atoms with Crippen molar-refractivity contribution >= 4 is 5.69 Å². The topological polar surface area (TPSA) is 24.9 Å². The molecule has 92 valence electrons. The standard InChI is InChI=1S/C15H22N2/c1-14(2)11-6-7-15(3,9-11)13(14)17-12-5-4-8-16-10-12/h4-5,8,10-11,13,17H,6-7,9H2,1-3H3/t11-,13?,15+/m0/s1. The van der Waals surface area contributed by atoms with E-state index >= 15 is 0 Å². The van der Waals surface area contributed by atoms with Crippen LogP contribution >= 0.6 is 0 Å². The van der Waals surface area contributed by atoms with E-state index in [1.807, 2.05) is 18.5 Å². The summed E-state index contributed by atoms with van der Waals surface area (Å²) in [7, 11) is 0. The molecule has 1 aromatic rings. The molecule has 0 aromatic carbocycles. The van der Waals surface area contributed by atoms with Gasteiger partial charge in [-0.1, -0.05) is 20.8 Å². The molecule has 2 saturated carbocycles. The Morgan fingerprint density at radius 3 is 2.76 bits per heavy atom. The maximum absolute atomic E-state index is 4.20. The average Bonchev–Trinajstić information content (AvgIpc) is 2.77. The van der Waals surface area contributed by atoms with E-state index in [0.29, 0.717) is 16.9 Å². The number of fused-ring (bicyclic) bond motifs is 2. The van der Waals surface area contributed by atoms with Gasteiger partial charge in [0.2, 0.25) is 0 Å². The fraction of sp³-hybridized carbons (Fsp3) is 0.667. The number of hydrogen-bond acceptors (Lipinski definition) is 2. The maximum atomic E-state index is 4.20. The summed E-state index contributed by atoms with van der Waals surface area (Å²) < 4.78 is 0. The zero-order chi connectivity index (χ0) is 12.1. The first kappa shape index (κ1) is 11.1. The molecule has 2 aliphatic carbocycles. The predicted molar refractivity (Wildman–Crippen MR) is 70.9 cm³/mol. The third-order valence-corrected chi connectivity index (χ3v) is 5.24. The number of nitrogens with zero attached hydrogens (tertiary/aromatic N) is 1. The summed E-state index contributed by atoms with van der Waals surface area (Å²) in [6, 6.07) is 4.71. The van der Waals surface area contributed by atoms with Crippen molar-refractivity contribution < 1.29 is 0 Å². The Morgan fingerprint density at radius 1 is 1.35 bits per heavy atom. The van der Waals surface area contributed by atoms with Crippen molar-refractivity contribution in [3.05, 3.63) is 24.5 Å². The monoisotopic (exact) mass is 230 g/mol. The van der Waals surface area contributed by atoms with Crippen LogP contribution in [0.4, 0.5) is 5.69 Å². The van der Waals surface area contributed by atoms with Gasteiger partial charge in [-0.2, -0.15) is 0 Å². The van der Waals surface area contributed by atoms with Crippen LogP contribution in [0.25, 0.3) is 0 Å². The van der Waals surface area contributed by atoms with E-state index in [1.54, 1.807) is 0 Å². The Kier molecular flexibility index (Phi) is 2.26. The highest BCUT2D eigenvalue weighted by molar-refractivity contribution is 5.43. The van der Waals surface area contributed by atoms with Gasteiger partial charge in [0.05, 0.1) is 5.69 Å². The number of rotatable bonds is 2. The average molecular weight is 230 g/mol. The van der Waals surface area contributed by atoms with E-state index in [4.69, 9.17) is 0 Å². The van der Waals surface area contributed by atoms with Crippen molar-refractivity contribution in [3.8, 4) is 0 Å². The largest absolute Gasteiger partial charge is 0.380 e. The van der Waals surface area contributed by atoms with Gasteiger partial charge in [0, 0.05) is 18.4 Å². The van der Waals surface area contributed by atoms with Gasteiger partial charge in [-0.3, -0.25) is 4.98 Å². The van der Waals surface area contributed by atoms with Gasteiger partial charge in [0.1, 0.15) is 0 Å². The molecule has 2 aliphatic rings. The zero-order valence-electron chi connectivity index (χ0n) is 11.0. The minimum atomic E-state index is 0.406. The fourth-order valence-electron chi connectivity index (χ4n) is 4.28. The Hall–Kier alpha value is -1.05. The molecule has 1 heterocycles. The molecular formula is C15H22N2. The Morgan fingerprint density at radius 2 is 2.18 bits per heavy atom. The highest BCUT2D eigenvalue weighted by Crippen LogP contribution is 2.63. The highest BCUT2D eigenvalue weighted by Gasteiger charge is 2.59. The van der Waals surface area contributed by atoms with Gasteiger partial charge < -0.3 is 5.32 Å².